The van der Waals surface area contributed by atoms with E-state index in [-0.39, 0.29) is 12.6 Å². The Balaban J connectivity index is 2.13. The summed E-state index contributed by atoms with van der Waals surface area (Å²) in [7, 11) is 3.23. The summed E-state index contributed by atoms with van der Waals surface area (Å²) in [4.78, 5) is 0. The van der Waals surface area contributed by atoms with E-state index in [1.807, 2.05) is 48.5 Å². The van der Waals surface area contributed by atoms with Gasteiger partial charge in [-0.05, 0) is 17.7 Å². The molecular formula is C17H21NO3. The number of benzene rings is 2. The van der Waals surface area contributed by atoms with Gasteiger partial charge in [-0.3, -0.25) is 0 Å². The maximum Gasteiger partial charge on any atom is 0.127 e. The summed E-state index contributed by atoms with van der Waals surface area (Å²) in [6.45, 7) is 0.677. The molecule has 0 aliphatic carbocycles. The molecule has 0 heterocycles. The minimum atomic E-state index is -0.189. The molecule has 2 aromatic carbocycles. The van der Waals surface area contributed by atoms with Crippen LogP contribution in [0.25, 0.3) is 0 Å². The highest BCUT2D eigenvalue weighted by Crippen LogP contribution is 2.29. The molecule has 4 nitrogen and oxygen atoms in total. The molecule has 0 saturated carbocycles. The Morgan fingerprint density at radius 3 is 2.43 bits per heavy atom. The molecule has 2 aromatic rings. The lowest BCUT2D eigenvalue weighted by Crippen LogP contribution is -2.24. The highest BCUT2D eigenvalue weighted by Gasteiger charge is 2.15. The SMILES string of the molecule is COc1ccc(C(CO)NCc2ccccc2)c(OC)c1. The van der Waals surface area contributed by atoms with Crippen LogP contribution in [0.5, 0.6) is 11.5 Å². The summed E-state index contributed by atoms with van der Waals surface area (Å²) in [5.74, 6) is 1.43. The first-order chi connectivity index (χ1) is 10.3. The van der Waals surface area contributed by atoms with E-state index < -0.39 is 0 Å². The first-order valence-electron chi connectivity index (χ1n) is 6.88. The number of nitrogens with one attached hydrogen (secondary N) is 1. The first-order valence-corrected chi connectivity index (χ1v) is 6.88. The summed E-state index contributed by atoms with van der Waals surface area (Å²) < 4.78 is 10.6. The number of ether oxygens (including phenoxy) is 2. The van der Waals surface area contributed by atoms with Crippen molar-refractivity contribution in [3.8, 4) is 11.5 Å². The minimum Gasteiger partial charge on any atom is -0.497 e. The van der Waals surface area contributed by atoms with Gasteiger partial charge in [-0.15, -0.1) is 0 Å². The lowest BCUT2D eigenvalue weighted by molar-refractivity contribution is 0.240. The van der Waals surface area contributed by atoms with Crippen molar-refractivity contribution in [2.45, 2.75) is 12.6 Å². The third-order valence-corrected chi connectivity index (χ3v) is 3.39. The quantitative estimate of drug-likeness (QED) is 0.821. The lowest BCUT2D eigenvalue weighted by Gasteiger charge is -2.20. The second kappa shape index (κ2) is 7.67. The lowest BCUT2D eigenvalue weighted by atomic mass is 10.1. The summed E-state index contributed by atoms with van der Waals surface area (Å²) in [5, 5.41) is 13.0. The second-order valence-electron chi connectivity index (χ2n) is 4.71. The average molecular weight is 287 g/mol. The fourth-order valence-electron chi connectivity index (χ4n) is 2.22. The van der Waals surface area contributed by atoms with Gasteiger partial charge in [0.15, 0.2) is 0 Å². The van der Waals surface area contributed by atoms with Crippen LogP contribution in [0.3, 0.4) is 0 Å². The standard InChI is InChI=1S/C17H21NO3/c1-20-14-8-9-15(17(10-14)21-2)16(12-19)18-11-13-6-4-3-5-7-13/h3-10,16,18-19H,11-12H2,1-2H3. The molecule has 0 amide bonds. The highest BCUT2D eigenvalue weighted by atomic mass is 16.5. The van der Waals surface area contributed by atoms with Crippen molar-refractivity contribution in [1.82, 2.24) is 5.32 Å². The molecule has 1 atom stereocenters. The predicted molar refractivity (Wildman–Crippen MR) is 82.7 cm³/mol. The molecule has 0 fully saturated rings. The van der Waals surface area contributed by atoms with Crippen LogP contribution in [0.15, 0.2) is 48.5 Å². The Kier molecular flexibility index (Phi) is 5.60. The number of aliphatic hydroxyl groups is 1. The van der Waals surface area contributed by atoms with E-state index in [4.69, 9.17) is 9.47 Å². The third kappa shape index (κ3) is 3.97. The van der Waals surface area contributed by atoms with Crippen molar-refractivity contribution in [1.29, 1.82) is 0 Å². The van der Waals surface area contributed by atoms with Crippen molar-refractivity contribution in [3.63, 3.8) is 0 Å². The van der Waals surface area contributed by atoms with E-state index in [0.717, 1.165) is 11.3 Å². The molecule has 0 aromatic heterocycles. The van der Waals surface area contributed by atoms with E-state index >= 15 is 0 Å². The van der Waals surface area contributed by atoms with Crippen molar-refractivity contribution >= 4 is 0 Å². The van der Waals surface area contributed by atoms with Crippen LogP contribution in [0.1, 0.15) is 17.2 Å². The van der Waals surface area contributed by atoms with Crippen molar-refractivity contribution < 1.29 is 14.6 Å². The maximum atomic E-state index is 9.65. The average Bonchev–Trinajstić information content (AvgIpc) is 2.56. The number of hydrogen-bond acceptors (Lipinski definition) is 4. The van der Waals surface area contributed by atoms with Gasteiger partial charge < -0.3 is 19.9 Å². The molecule has 21 heavy (non-hydrogen) atoms. The van der Waals surface area contributed by atoms with Crippen LogP contribution in [0, 0.1) is 0 Å². The molecule has 2 rings (SSSR count). The van der Waals surface area contributed by atoms with Gasteiger partial charge in [0.25, 0.3) is 0 Å². The van der Waals surface area contributed by atoms with Crippen molar-refractivity contribution in [2.75, 3.05) is 20.8 Å². The Morgan fingerprint density at radius 1 is 1.05 bits per heavy atom. The number of methoxy groups -OCH3 is 2. The van der Waals surface area contributed by atoms with E-state index in [1.165, 1.54) is 5.56 Å². The normalized spacial score (nSPS) is 12.0. The smallest absolute Gasteiger partial charge is 0.127 e. The highest BCUT2D eigenvalue weighted by molar-refractivity contribution is 5.42. The zero-order chi connectivity index (χ0) is 15.1. The van der Waals surface area contributed by atoms with Crippen LogP contribution in [-0.2, 0) is 6.54 Å². The van der Waals surface area contributed by atoms with Gasteiger partial charge in [0.05, 0.1) is 26.9 Å². The van der Waals surface area contributed by atoms with Crippen LogP contribution >= 0.6 is 0 Å². The number of hydrogen-bond donors (Lipinski definition) is 2. The van der Waals surface area contributed by atoms with Gasteiger partial charge in [0.2, 0.25) is 0 Å². The summed E-state index contributed by atoms with van der Waals surface area (Å²) in [6.07, 6.45) is 0. The molecule has 0 spiro atoms. The summed E-state index contributed by atoms with van der Waals surface area (Å²) in [6, 6.07) is 15.5. The monoisotopic (exact) mass is 287 g/mol. The van der Waals surface area contributed by atoms with E-state index in [2.05, 4.69) is 5.32 Å². The minimum absolute atomic E-state index is 0.00444. The van der Waals surface area contributed by atoms with Crippen LogP contribution in [-0.4, -0.2) is 25.9 Å². The molecule has 1 unspecified atom stereocenters. The molecule has 4 heteroatoms. The molecule has 2 N–H and O–H groups in total. The fraction of sp³-hybridized carbons (Fsp3) is 0.294. The van der Waals surface area contributed by atoms with Crippen molar-refractivity contribution in [2.24, 2.45) is 0 Å². The summed E-state index contributed by atoms with van der Waals surface area (Å²) in [5.41, 5.74) is 2.08. The van der Waals surface area contributed by atoms with E-state index in [1.54, 1.807) is 14.2 Å². The zero-order valence-electron chi connectivity index (χ0n) is 12.4. The first kappa shape index (κ1) is 15.4. The largest absolute Gasteiger partial charge is 0.497 e. The van der Waals surface area contributed by atoms with Gasteiger partial charge in [-0.25, -0.2) is 0 Å². The third-order valence-electron chi connectivity index (χ3n) is 3.39. The Hall–Kier alpha value is -2.04. The fourth-order valence-corrected chi connectivity index (χ4v) is 2.22. The Labute approximate surface area is 125 Å². The molecular weight excluding hydrogens is 266 g/mol. The molecule has 0 aliphatic rings. The number of rotatable bonds is 7. The van der Waals surface area contributed by atoms with E-state index in [9.17, 15) is 5.11 Å². The van der Waals surface area contributed by atoms with Crippen LogP contribution < -0.4 is 14.8 Å². The van der Waals surface area contributed by atoms with Gasteiger partial charge in [0, 0.05) is 18.2 Å². The maximum absolute atomic E-state index is 9.65. The van der Waals surface area contributed by atoms with Crippen LogP contribution in [0.2, 0.25) is 0 Å². The van der Waals surface area contributed by atoms with Gasteiger partial charge in [-0.1, -0.05) is 30.3 Å². The predicted octanol–water partition coefficient (Wildman–Crippen LogP) is 2.53. The van der Waals surface area contributed by atoms with Gasteiger partial charge >= 0.3 is 0 Å². The zero-order valence-corrected chi connectivity index (χ0v) is 12.4. The topological polar surface area (TPSA) is 50.7 Å². The molecule has 0 bridgehead atoms. The second-order valence-corrected chi connectivity index (χ2v) is 4.71. The van der Waals surface area contributed by atoms with E-state index in [0.29, 0.717) is 12.3 Å². The summed E-state index contributed by atoms with van der Waals surface area (Å²) >= 11 is 0. The number of aliphatic hydroxyl groups excluding tert-OH is 1. The Bertz CT molecular complexity index is 557. The van der Waals surface area contributed by atoms with Gasteiger partial charge in [-0.2, -0.15) is 0 Å². The van der Waals surface area contributed by atoms with Crippen LogP contribution in [0.4, 0.5) is 0 Å². The van der Waals surface area contributed by atoms with Gasteiger partial charge in [0.1, 0.15) is 11.5 Å². The molecule has 112 valence electrons. The molecule has 0 radical (unpaired) electrons. The molecule has 0 aliphatic heterocycles. The molecule has 0 saturated heterocycles. The Morgan fingerprint density at radius 2 is 1.81 bits per heavy atom. The van der Waals surface area contributed by atoms with Crippen molar-refractivity contribution in [3.05, 3.63) is 59.7 Å².